The van der Waals surface area contributed by atoms with Crippen molar-refractivity contribution in [1.82, 2.24) is 0 Å². The predicted molar refractivity (Wildman–Crippen MR) is 81.1 cm³/mol. The van der Waals surface area contributed by atoms with Crippen LogP contribution in [0.5, 0.6) is 11.5 Å². The summed E-state index contributed by atoms with van der Waals surface area (Å²) in [7, 11) is 0. The van der Waals surface area contributed by atoms with E-state index >= 15 is 0 Å². The number of hydrogen-bond donors (Lipinski definition) is 1. The fourth-order valence-electron chi connectivity index (χ4n) is 3.20. The number of aliphatic hydroxyl groups is 1. The van der Waals surface area contributed by atoms with Crippen LogP contribution in [-0.2, 0) is 4.79 Å². The van der Waals surface area contributed by atoms with Crippen LogP contribution in [0.3, 0.4) is 0 Å². The Bertz CT molecular complexity index is 805. The summed E-state index contributed by atoms with van der Waals surface area (Å²) >= 11 is 0. The topological polar surface area (TPSA) is 55.8 Å². The Morgan fingerprint density at radius 3 is 2.50 bits per heavy atom. The number of Topliss-reactive ketones (excluding diaryl/α,β-unsaturated/α-hetero) is 1. The van der Waals surface area contributed by atoms with Crippen LogP contribution in [-0.4, -0.2) is 17.7 Å². The van der Waals surface area contributed by atoms with E-state index in [2.05, 4.69) is 0 Å². The molecule has 4 nitrogen and oxygen atoms in total. The first-order chi connectivity index (χ1) is 10.7. The number of fused-ring (bicyclic) bond motifs is 2. The van der Waals surface area contributed by atoms with Crippen LogP contribution in [0.2, 0.25) is 0 Å². The second-order valence-corrected chi connectivity index (χ2v) is 5.45. The number of allylic oxidation sites excluding steroid dienone is 1. The van der Waals surface area contributed by atoms with Gasteiger partial charge in [-0.15, -0.1) is 0 Å². The highest BCUT2D eigenvalue weighted by Crippen LogP contribution is 2.49. The average Bonchev–Trinajstić information content (AvgIpc) is 3.08. The maximum Gasteiger partial charge on any atom is 0.231 e. The molecule has 110 valence electrons. The molecule has 0 amide bonds. The van der Waals surface area contributed by atoms with Gasteiger partial charge in [-0.25, -0.2) is 0 Å². The van der Waals surface area contributed by atoms with E-state index in [1.807, 2.05) is 36.4 Å². The molecule has 0 aromatic heterocycles. The fraction of sp³-hybridized carbons (Fsp3) is 0.167. The van der Waals surface area contributed by atoms with Crippen LogP contribution >= 0.6 is 0 Å². The minimum absolute atomic E-state index is 0.0367. The first-order valence-electron chi connectivity index (χ1n) is 7.09. The molecular weight excluding hydrogens is 280 g/mol. The Balaban J connectivity index is 1.96. The summed E-state index contributed by atoms with van der Waals surface area (Å²) in [6.07, 6.45) is 0. The monoisotopic (exact) mass is 294 g/mol. The zero-order valence-electron chi connectivity index (χ0n) is 12.0. The number of carbonyl (C=O) groups excluding carboxylic acids is 1. The van der Waals surface area contributed by atoms with Gasteiger partial charge in [-0.3, -0.25) is 4.79 Å². The highest BCUT2D eigenvalue weighted by atomic mass is 16.7. The van der Waals surface area contributed by atoms with Crippen molar-refractivity contribution < 1.29 is 19.4 Å². The third-order valence-electron chi connectivity index (χ3n) is 4.17. The van der Waals surface area contributed by atoms with E-state index in [9.17, 15) is 9.90 Å². The minimum atomic E-state index is -0.275. The lowest BCUT2D eigenvalue weighted by molar-refractivity contribution is -0.113. The molecule has 0 fully saturated rings. The number of ketones is 1. The van der Waals surface area contributed by atoms with Crippen LogP contribution in [0.25, 0.3) is 5.76 Å². The molecule has 0 radical (unpaired) electrons. The summed E-state index contributed by atoms with van der Waals surface area (Å²) in [5, 5.41) is 10.5. The lowest BCUT2D eigenvalue weighted by Gasteiger charge is -2.15. The maximum absolute atomic E-state index is 12.1. The Labute approximate surface area is 127 Å². The van der Waals surface area contributed by atoms with Crippen LogP contribution in [0.15, 0.2) is 48.0 Å². The van der Waals surface area contributed by atoms with Gasteiger partial charge in [0.25, 0.3) is 0 Å². The zero-order valence-corrected chi connectivity index (χ0v) is 12.0. The molecule has 2 aliphatic rings. The largest absolute Gasteiger partial charge is 0.507 e. The zero-order chi connectivity index (χ0) is 15.3. The van der Waals surface area contributed by atoms with Crippen LogP contribution in [0, 0.1) is 0 Å². The Kier molecular flexibility index (Phi) is 2.73. The number of ether oxygens (including phenoxy) is 2. The molecule has 22 heavy (non-hydrogen) atoms. The Morgan fingerprint density at radius 1 is 1.14 bits per heavy atom. The van der Waals surface area contributed by atoms with Crippen LogP contribution in [0.4, 0.5) is 0 Å². The van der Waals surface area contributed by atoms with Crippen molar-refractivity contribution in [3.63, 3.8) is 0 Å². The van der Waals surface area contributed by atoms with Gasteiger partial charge in [0, 0.05) is 17.1 Å². The summed E-state index contributed by atoms with van der Waals surface area (Å²) in [5.41, 5.74) is 2.91. The summed E-state index contributed by atoms with van der Waals surface area (Å²) in [4.78, 5) is 12.1. The summed E-state index contributed by atoms with van der Waals surface area (Å²) < 4.78 is 10.8. The summed E-state index contributed by atoms with van der Waals surface area (Å²) in [5.74, 6) is 0.876. The van der Waals surface area contributed by atoms with Gasteiger partial charge in [0.05, 0.1) is 0 Å². The molecule has 1 aliphatic heterocycles. The number of benzene rings is 2. The first kappa shape index (κ1) is 13.0. The van der Waals surface area contributed by atoms with Crippen molar-refractivity contribution in [2.75, 3.05) is 6.79 Å². The lowest BCUT2D eigenvalue weighted by Crippen LogP contribution is -2.08. The van der Waals surface area contributed by atoms with Crippen molar-refractivity contribution >= 4 is 11.5 Å². The number of carbonyl (C=O) groups is 1. The summed E-state index contributed by atoms with van der Waals surface area (Å²) in [6, 6.07) is 13.3. The third kappa shape index (κ3) is 1.73. The van der Waals surface area contributed by atoms with Crippen molar-refractivity contribution in [2.45, 2.75) is 12.8 Å². The summed E-state index contributed by atoms with van der Waals surface area (Å²) in [6.45, 7) is 1.66. The van der Waals surface area contributed by atoms with Gasteiger partial charge < -0.3 is 14.6 Å². The normalized spacial score (nSPS) is 18.5. The molecule has 4 rings (SSSR count). The van der Waals surface area contributed by atoms with Gasteiger partial charge in [0.2, 0.25) is 6.79 Å². The van der Waals surface area contributed by atoms with E-state index in [0.717, 1.165) is 11.1 Å². The molecule has 1 aliphatic carbocycles. The van der Waals surface area contributed by atoms with Crippen molar-refractivity contribution in [3.05, 3.63) is 64.7 Å². The molecule has 1 atom stereocenters. The standard InChI is InChI=1S/C18H14O4/c1-10(19)16-17(11-5-3-2-4-6-11)12-7-14-15(22-9-21-14)8-13(12)18(16)20/h2-8,17,20H,9H2,1H3/t17-/m0/s1. The lowest BCUT2D eigenvalue weighted by atomic mass is 9.87. The second kappa shape index (κ2) is 4.63. The highest BCUT2D eigenvalue weighted by molar-refractivity contribution is 6.05. The maximum atomic E-state index is 12.1. The van der Waals surface area contributed by atoms with Gasteiger partial charge in [0.1, 0.15) is 5.76 Å². The Morgan fingerprint density at radius 2 is 1.82 bits per heavy atom. The molecular formula is C18H14O4. The molecule has 0 saturated carbocycles. The van der Waals surface area contributed by atoms with Gasteiger partial charge in [0.15, 0.2) is 17.3 Å². The average molecular weight is 294 g/mol. The van der Waals surface area contributed by atoms with E-state index in [4.69, 9.17) is 9.47 Å². The van der Waals surface area contributed by atoms with E-state index in [0.29, 0.717) is 22.6 Å². The molecule has 2 aromatic rings. The molecule has 1 N–H and O–H groups in total. The number of rotatable bonds is 2. The van der Waals surface area contributed by atoms with Gasteiger partial charge in [-0.2, -0.15) is 0 Å². The minimum Gasteiger partial charge on any atom is -0.507 e. The van der Waals surface area contributed by atoms with E-state index < -0.39 is 0 Å². The molecule has 2 aromatic carbocycles. The van der Waals surface area contributed by atoms with Crippen molar-refractivity contribution in [1.29, 1.82) is 0 Å². The smallest absolute Gasteiger partial charge is 0.231 e. The third-order valence-corrected chi connectivity index (χ3v) is 4.17. The van der Waals surface area contributed by atoms with E-state index in [-0.39, 0.29) is 24.3 Å². The highest BCUT2D eigenvalue weighted by Gasteiger charge is 2.37. The molecule has 0 unspecified atom stereocenters. The van der Waals surface area contributed by atoms with Crippen LogP contribution in [0.1, 0.15) is 29.5 Å². The van der Waals surface area contributed by atoms with Gasteiger partial charge in [-0.1, -0.05) is 30.3 Å². The number of aliphatic hydroxyl groups excluding tert-OH is 1. The van der Waals surface area contributed by atoms with Gasteiger partial charge >= 0.3 is 0 Å². The molecule has 1 heterocycles. The predicted octanol–water partition coefficient (Wildman–Crippen LogP) is 3.42. The SMILES string of the molecule is CC(=O)C1=C(O)c2cc3c(cc2[C@@H]1c1ccccc1)OCO3. The Hall–Kier alpha value is -2.75. The number of hydrogen-bond acceptors (Lipinski definition) is 4. The van der Waals surface area contributed by atoms with E-state index in [1.54, 1.807) is 6.07 Å². The van der Waals surface area contributed by atoms with Crippen molar-refractivity contribution in [2.24, 2.45) is 0 Å². The fourth-order valence-corrected chi connectivity index (χ4v) is 3.20. The second-order valence-electron chi connectivity index (χ2n) is 5.45. The molecule has 0 bridgehead atoms. The first-order valence-corrected chi connectivity index (χ1v) is 7.09. The van der Waals surface area contributed by atoms with Crippen LogP contribution < -0.4 is 9.47 Å². The quantitative estimate of drug-likeness (QED) is 0.922. The van der Waals surface area contributed by atoms with Gasteiger partial charge in [-0.05, 0) is 30.2 Å². The molecule has 0 spiro atoms. The molecule has 4 heteroatoms. The van der Waals surface area contributed by atoms with Crippen molar-refractivity contribution in [3.8, 4) is 11.5 Å². The van der Waals surface area contributed by atoms with E-state index in [1.165, 1.54) is 6.92 Å². The molecule has 0 saturated heterocycles.